The lowest BCUT2D eigenvalue weighted by Crippen LogP contribution is -2.34. The molecule has 0 unspecified atom stereocenters. The number of anilines is 1. The molecule has 1 saturated heterocycles. The van der Waals surface area contributed by atoms with Crippen LogP contribution in [-0.4, -0.2) is 22.6 Å². The predicted molar refractivity (Wildman–Crippen MR) is 89.4 cm³/mol. The maximum Gasteiger partial charge on any atom is 0.322 e. The molecule has 0 saturated carbocycles. The van der Waals surface area contributed by atoms with Crippen LogP contribution in [0.5, 0.6) is 0 Å². The summed E-state index contributed by atoms with van der Waals surface area (Å²) < 4.78 is 5.37. The molecule has 1 atom stereocenters. The highest BCUT2D eigenvalue weighted by molar-refractivity contribution is 5.89. The summed E-state index contributed by atoms with van der Waals surface area (Å²) in [7, 11) is 0. The summed E-state index contributed by atoms with van der Waals surface area (Å²) in [5.41, 5.74) is 2.86. The largest absolute Gasteiger partial charge is 0.361 e. The van der Waals surface area contributed by atoms with Gasteiger partial charge in [0.2, 0.25) is 0 Å². The quantitative estimate of drug-likeness (QED) is 0.915. The standard InChI is InChI=1S/C18H23N3O2/c1-3-5-15-12-16(20-23-15)17-6-4-11-21(17)18(22)19-14-9-7-13(2)8-10-14/h7-10,12,17H,3-6,11H2,1-2H3,(H,19,22)/t17-/m1/s1. The molecule has 2 amide bonds. The van der Waals surface area contributed by atoms with Crippen LogP contribution in [0.1, 0.15) is 49.2 Å². The molecule has 1 aromatic heterocycles. The monoisotopic (exact) mass is 313 g/mol. The lowest BCUT2D eigenvalue weighted by molar-refractivity contribution is 0.204. The number of urea groups is 1. The fourth-order valence-electron chi connectivity index (χ4n) is 3.00. The minimum Gasteiger partial charge on any atom is -0.361 e. The molecule has 5 nitrogen and oxygen atoms in total. The molecule has 2 aromatic rings. The van der Waals surface area contributed by atoms with Crippen molar-refractivity contribution in [3.05, 3.63) is 47.3 Å². The normalized spacial score (nSPS) is 17.5. The average Bonchev–Trinajstić information content (AvgIpc) is 3.18. The molecule has 1 N–H and O–H groups in total. The van der Waals surface area contributed by atoms with Gasteiger partial charge in [-0.2, -0.15) is 0 Å². The van der Waals surface area contributed by atoms with E-state index in [0.29, 0.717) is 0 Å². The summed E-state index contributed by atoms with van der Waals surface area (Å²) in [6.45, 7) is 4.89. The number of likely N-dealkylation sites (tertiary alicyclic amines) is 1. The highest BCUT2D eigenvalue weighted by Gasteiger charge is 2.32. The van der Waals surface area contributed by atoms with Crippen LogP contribution in [0.3, 0.4) is 0 Å². The topological polar surface area (TPSA) is 58.4 Å². The van der Waals surface area contributed by atoms with Crippen molar-refractivity contribution in [3.8, 4) is 0 Å². The maximum absolute atomic E-state index is 12.6. The number of rotatable bonds is 4. The van der Waals surface area contributed by atoms with Crippen LogP contribution in [0.25, 0.3) is 0 Å². The van der Waals surface area contributed by atoms with Crippen LogP contribution < -0.4 is 5.32 Å². The van der Waals surface area contributed by atoms with Crippen LogP contribution in [-0.2, 0) is 6.42 Å². The van der Waals surface area contributed by atoms with Gasteiger partial charge in [-0.1, -0.05) is 29.8 Å². The Morgan fingerprint density at radius 3 is 2.91 bits per heavy atom. The van der Waals surface area contributed by atoms with Crippen LogP contribution in [0.2, 0.25) is 0 Å². The minimum atomic E-state index is -0.0728. The van der Waals surface area contributed by atoms with Gasteiger partial charge in [0, 0.05) is 24.7 Å². The first-order valence-corrected chi connectivity index (χ1v) is 8.27. The van der Waals surface area contributed by atoms with Crippen molar-refractivity contribution in [1.29, 1.82) is 0 Å². The van der Waals surface area contributed by atoms with E-state index in [4.69, 9.17) is 4.52 Å². The van der Waals surface area contributed by atoms with Gasteiger partial charge in [0.1, 0.15) is 11.5 Å². The van der Waals surface area contributed by atoms with E-state index in [-0.39, 0.29) is 12.1 Å². The highest BCUT2D eigenvalue weighted by Crippen LogP contribution is 2.32. The van der Waals surface area contributed by atoms with E-state index in [1.165, 1.54) is 5.56 Å². The Balaban J connectivity index is 1.70. The Labute approximate surface area is 136 Å². The van der Waals surface area contributed by atoms with Crippen LogP contribution in [0, 0.1) is 6.92 Å². The number of carbonyl (C=O) groups is 1. The number of benzene rings is 1. The van der Waals surface area contributed by atoms with Gasteiger partial charge in [0.15, 0.2) is 0 Å². The number of hydrogen-bond acceptors (Lipinski definition) is 3. The van der Waals surface area contributed by atoms with Crippen LogP contribution in [0.15, 0.2) is 34.9 Å². The van der Waals surface area contributed by atoms with Crippen molar-refractivity contribution < 1.29 is 9.32 Å². The Morgan fingerprint density at radius 1 is 1.39 bits per heavy atom. The molecule has 122 valence electrons. The smallest absolute Gasteiger partial charge is 0.322 e. The second-order valence-electron chi connectivity index (χ2n) is 6.12. The van der Waals surface area contributed by atoms with E-state index in [0.717, 1.165) is 49.4 Å². The van der Waals surface area contributed by atoms with Gasteiger partial charge < -0.3 is 14.7 Å². The lowest BCUT2D eigenvalue weighted by Gasteiger charge is -2.23. The molecule has 5 heteroatoms. The van der Waals surface area contributed by atoms with Crippen LogP contribution in [0.4, 0.5) is 10.5 Å². The molecule has 0 bridgehead atoms. The molecule has 1 fully saturated rings. The van der Waals surface area contributed by atoms with Crippen molar-refractivity contribution in [2.75, 3.05) is 11.9 Å². The summed E-state index contributed by atoms with van der Waals surface area (Å²) in [5, 5.41) is 7.14. The lowest BCUT2D eigenvalue weighted by atomic mass is 10.1. The average molecular weight is 313 g/mol. The molecule has 1 aliphatic heterocycles. The van der Waals surface area contributed by atoms with Crippen molar-refractivity contribution in [2.45, 2.75) is 45.6 Å². The van der Waals surface area contributed by atoms with Crippen molar-refractivity contribution in [3.63, 3.8) is 0 Å². The molecule has 3 rings (SSSR count). The van der Waals surface area contributed by atoms with Gasteiger partial charge in [-0.3, -0.25) is 0 Å². The molecule has 0 spiro atoms. The predicted octanol–water partition coefficient (Wildman–Crippen LogP) is 4.30. The molecule has 0 aliphatic carbocycles. The zero-order chi connectivity index (χ0) is 16.2. The van der Waals surface area contributed by atoms with Gasteiger partial charge in [-0.25, -0.2) is 4.79 Å². The number of carbonyl (C=O) groups excluding carboxylic acids is 1. The molecule has 0 radical (unpaired) electrons. The Hall–Kier alpha value is -2.30. The summed E-state index contributed by atoms with van der Waals surface area (Å²) >= 11 is 0. The number of aryl methyl sites for hydroxylation is 2. The fourth-order valence-corrected chi connectivity index (χ4v) is 3.00. The fraction of sp³-hybridized carbons (Fsp3) is 0.444. The zero-order valence-electron chi connectivity index (χ0n) is 13.7. The number of hydrogen-bond donors (Lipinski definition) is 1. The maximum atomic E-state index is 12.6. The third kappa shape index (κ3) is 3.55. The molecule has 23 heavy (non-hydrogen) atoms. The molecule has 2 heterocycles. The SMILES string of the molecule is CCCc1cc([C@H]2CCCN2C(=O)Nc2ccc(C)cc2)no1. The van der Waals surface area contributed by atoms with E-state index in [1.807, 2.05) is 42.2 Å². The van der Waals surface area contributed by atoms with E-state index in [1.54, 1.807) is 0 Å². The minimum absolute atomic E-state index is 0.00908. The second-order valence-corrected chi connectivity index (χ2v) is 6.12. The highest BCUT2D eigenvalue weighted by atomic mass is 16.5. The van der Waals surface area contributed by atoms with Gasteiger partial charge in [0.25, 0.3) is 0 Å². The summed E-state index contributed by atoms with van der Waals surface area (Å²) in [5.74, 6) is 0.897. The first kappa shape index (κ1) is 15.6. The molecule has 1 aliphatic rings. The van der Waals surface area contributed by atoms with Crippen molar-refractivity contribution >= 4 is 11.7 Å². The third-order valence-electron chi connectivity index (χ3n) is 4.23. The van der Waals surface area contributed by atoms with Gasteiger partial charge in [0.05, 0.1) is 6.04 Å². The van der Waals surface area contributed by atoms with Gasteiger partial charge in [-0.15, -0.1) is 0 Å². The zero-order valence-corrected chi connectivity index (χ0v) is 13.7. The van der Waals surface area contributed by atoms with E-state index in [9.17, 15) is 4.79 Å². The number of nitrogens with one attached hydrogen (secondary N) is 1. The second kappa shape index (κ2) is 6.86. The Bertz CT molecular complexity index is 663. The van der Waals surface area contributed by atoms with Gasteiger partial charge >= 0.3 is 6.03 Å². The van der Waals surface area contributed by atoms with E-state index in [2.05, 4.69) is 17.4 Å². The van der Waals surface area contributed by atoms with Gasteiger partial charge in [-0.05, 0) is 38.3 Å². The van der Waals surface area contributed by atoms with Crippen LogP contribution >= 0.6 is 0 Å². The molecule has 1 aromatic carbocycles. The molecular formula is C18H23N3O2. The Kier molecular flexibility index (Phi) is 4.65. The van der Waals surface area contributed by atoms with Crippen molar-refractivity contribution in [1.82, 2.24) is 10.1 Å². The summed E-state index contributed by atoms with van der Waals surface area (Å²) in [6.07, 6.45) is 3.83. The first-order chi connectivity index (χ1) is 11.2. The van der Waals surface area contributed by atoms with Crippen molar-refractivity contribution in [2.24, 2.45) is 0 Å². The van der Waals surface area contributed by atoms with E-state index >= 15 is 0 Å². The molecular weight excluding hydrogens is 290 g/mol. The number of nitrogens with zero attached hydrogens (tertiary/aromatic N) is 2. The number of aromatic nitrogens is 1. The Morgan fingerprint density at radius 2 is 2.17 bits per heavy atom. The third-order valence-corrected chi connectivity index (χ3v) is 4.23. The van der Waals surface area contributed by atoms with E-state index < -0.39 is 0 Å². The first-order valence-electron chi connectivity index (χ1n) is 8.27. The summed E-state index contributed by atoms with van der Waals surface area (Å²) in [6, 6.07) is 9.76. The summed E-state index contributed by atoms with van der Waals surface area (Å²) in [4.78, 5) is 14.4. The number of amides is 2.